The van der Waals surface area contributed by atoms with E-state index in [1.165, 1.54) is 0 Å². The van der Waals surface area contributed by atoms with Crippen LogP contribution in [0.15, 0.2) is 0 Å². The van der Waals surface area contributed by atoms with Crippen molar-refractivity contribution in [2.45, 2.75) is 32.9 Å². The van der Waals surface area contributed by atoms with Crippen molar-refractivity contribution in [2.24, 2.45) is 0 Å². The van der Waals surface area contributed by atoms with E-state index in [2.05, 4.69) is 23.7 Å². The van der Waals surface area contributed by atoms with Crippen LogP contribution in [0.4, 0.5) is 0 Å². The van der Waals surface area contributed by atoms with Crippen molar-refractivity contribution in [1.29, 1.82) is 0 Å². The molecular weight excluding hydrogens is 196 g/mol. The van der Waals surface area contributed by atoms with Crippen molar-refractivity contribution < 1.29 is 5.11 Å². The summed E-state index contributed by atoms with van der Waals surface area (Å²) in [5.74, 6) is 0.393. The zero-order valence-electron chi connectivity index (χ0n) is 9.24. The summed E-state index contributed by atoms with van der Waals surface area (Å²) in [7, 11) is 4.05. The van der Waals surface area contributed by atoms with Crippen LogP contribution in [0.5, 0.6) is 0 Å². The van der Waals surface area contributed by atoms with E-state index in [9.17, 15) is 5.11 Å². The molecule has 0 atom stereocenters. The third-order valence-electron chi connectivity index (χ3n) is 1.91. The molecule has 4 heteroatoms. The first-order chi connectivity index (χ1) is 6.54. The van der Waals surface area contributed by atoms with Gasteiger partial charge >= 0.3 is 0 Å². The highest BCUT2D eigenvalue weighted by molar-refractivity contribution is 7.11. The highest BCUT2D eigenvalue weighted by atomic mass is 32.1. The first kappa shape index (κ1) is 11.6. The Morgan fingerprint density at radius 3 is 2.43 bits per heavy atom. The van der Waals surface area contributed by atoms with Gasteiger partial charge in [-0.15, -0.1) is 11.3 Å². The van der Waals surface area contributed by atoms with Crippen LogP contribution in [0.25, 0.3) is 0 Å². The van der Waals surface area contributed by atoms with E-state index in [1.54, 1.807) is 11.3 Å². The smallest absolute Gasteiger partial charge is 0.107 e. The minimum absolute atomic E-state index is 0.110. The molecule has 1 rings (SSSR count). The summed E-state index contributed by atoms with van der Waals surface area (Å²) in [5, 5.41) is 10.3. The quantitative estimate of drug-likeness (QED) is 0.830. The molecule has 3 nitrogen and oxygen atoms in total. The average Bonchev–Trinajstić information content (AvgIpc) is 2.46. The number of rotatable bonds is 4. The number of aliphatic hydroxyl groups excluding tert-OH is 1. The first-order valence-electron chi connectivity index (χ1n) is 4.78. The largest absolute Gasteiger partial charge is 0.391 e. The molecule has 0 aliphatic heterocycles. The number of hydrogen-bond acceptors (Lipinski definition) is 4. The highest BCUT2D eigenvalue weighted by Gasteiger charge is 2.13. The predicted octanol–water partition coefficient (Wildman–Crippen LogP) is 1.82. The molecule has 0 bridgehead atoms. The summed E-state index contributed by atoms with van der Waals surface area (Å²) in [4.78, 5) is 7.64. The fraction of sp³-hybridized carbons (Fsp3) is 0.700. The van der Waals surface area contributed by atoms with Gasteiger partial charge in [0.05, 0.1) is 17.2 Å². The van der Waals surface area contributed by atoms with Crippen molar-refractivity contribution >= 4 is 11.3 Å². The normalized spacial score (nSPS) is 11.6. The van der Waals surface area contributed by atoms with Gasteiger partial charge in [-0.05, 0) is 20.0 Å². The Hall–Kier alpha value is -0.450. The van der Waals surface area contributed by atoms with Gasteiger partial charge in [-0.3, -0.25) is 0 Å². The standard InChI is InChI=1S/C10H18N2OS/c1-7(2)10-8(6-13)14-9(11-10)5-12(3)4/h7,13H,5-6H2,1-4H3. The minimum atomic E-state index is 0.110. The third-order valence-corrected chi connectivity index (χ3v) is 2.95. The van der Waals surface area contributed by atoms with Crippen LogP contribution >= 0.6 is 11.3 Å². The molecule has 0 aliphatic rings. The maximum atomic E-state index is 9.17. The zero-order chi connectivity index (χ0) is 10.7. The Morgan fingerprint density at radius 1 is 1.43 bits per heavy atom. The summed E-state index contributed by atoms with van der Waals surface area (Å²) in [6.07, 6.45) is 0. The molecule has 0 aromatic carbocycles. The van der Waals surface area contributed by atoms with Crippen LogP contribution in [0, 0.1) is 0 Å². The predicted molar refractivity (Wildman–Crippen MR) is 59.5 cm³/mol. The van der Waals surface area contributed by atoms with E-state index in [0.29, 0.717) is 5.92 Å². The summed E-state index contributed by atoms with van der Waals surface area (Å²) in [5.41, 5.74) is 1.05. The molecule has 0 aliphatic carbocycles. The molecule has 1 heterocycles. The fourth-order valence-electron chi connectivity index (χ4n) is 1.32. The topological polar surface area (TPSA) is 36.4 Å². The van der Waals surface area contributed by atoms with Crippen molar-refractivity contribution in [3.63, 3.8) is 0 Å². The SMILES string of the molecule is CC(C)c1nc(CN(C)C)sc1CO. The second kappa shape index (κ2) is 4.87. The Morgan fingerprint density at radius 2 is 2.07 bits per heavy atom. The van der Waals surface area contributed by atoms with Crippen LogP contribution in [0.1, 0.15) is 35.3 Å². The Balaban J connectivity index is 2.89. The van der Waals surface area contributed by atoms with Crippen LogP contribution in [0.3, 0.4) is 0 Å². The molecule has 80 valence electrons. The summed E-state index contributed by atoms with van der Waals surface area (Å²) in [6, 6.07) is 0. The molecule has 0 amide bonds. The minimum Gasteiger partial charge on any atom is -0.391 e. The molecule has 0 radical (unpaired) electrons. The van der Waals surface area contributed by atoms with Gasteiger partial charge < -0.3 is 10.0 Å². The number of hydrogen-bond donors (Lipinski definition) is 1. The summed E-state index contributed by atoms with van der Waals surface area (Å²) >= 11 is 1.61. The van der Waals surface area contributed by atoms with E-state index in [-0.39, 0.29) is 6.61 Å². The molecule has 1 aromatic rings. The molecule has 0 fully saturated rings. The third kappa shape index (κ3) is 2.77. The Bertz CT molecular complexity index is 294. The lowest BCUT2D eigenvalue weighted by Crippen LogP contribution is -2.10. The van der Waals surface area contributed by atoms with Gasteiger partial charge in [0.25, 0.3) is 0 Å². The highest BCUT2D eigenvalue weighted by Crippen LogP contribution is 2.25. The molecule has 0 spiro atoms. The van der Waals surface area contributed by atoms with Crippen LogP contribution in [-0.2, 0) is 13.2 Å². The second-order valence-corrected chi connectivity index (χ2v) is 5.13. The second-order valence-electron chi connectivity index (χ2n) is 3.97. The molecule has 1 aromatic heterocycles. The Kier molecular flexibility index (Phi) is 4.04. The van der Waals surface area contributed by atoms with Gasteiger partial charge in [0.2, 0.25) is 0 Å². The molecular formula is C10H18N2OS. The molecule has 0 saturated heterocycles. The first-order valence-corrected chi connectivity index (χ1v) is 5.60. The van der Waals surface area contributed by atoms with Gasteiger partial charge in [-0.25, -0.2) is 4.98 Å². The van der Waals surface area contributed by atoms with Gasteiger partial charge in [0.15, 0.2) is 0 Å². The van der Waals surface area contributed by atoms with Gasteiger partial charge in [0, 0.05) is 6.54 Å². The average molecular weight is 214 g/mol. The molecule has 14 heavy (non-hydrogen) atoms. The Labute approximate surface area is 89.4 Å². The van der Waals surface area contributed by atoms with E-state index < -0.39 is 0 Å². The number of thiazole rings is 1. The van der Waals surface area contributed by atoms with E-state index in [0.717, 1.165) is 22.1 Å². The maximum Gasteiger partial charge on any atom is 0.107 e. The van der Waals surface area contributed by atoms with Crippen molar-refractivity contribution in [3.05, 3.63) is 15.6 Å². The van der Waals surface area contributed by atoms with Crippen molar-refractivity contribution in [1.82, 2.24) is 9.88 Å². The lowest BCUT2D eigenvalue weighted by atomic mass is 10.1. The summed E-state index contributed by atoms with van der Waals surface area (Å²) in [6.45, 7) is 5.17. The number of nitrogens with zero attached hydrogens (tertiary/aromatic N) is 2. The van der Waals surface area contributed by atoms with Crippen molar-refractivity contribution in [3.8, 4) is 0 Å². The van der Waals surface area contributed by atoms with Gasteiger partial charge in [0.1, 0.15) is 5.01 Å². The van der Waals surface area contributed by atoms with Crippen LogP contribution < -0.4 is 0 Å². The molecule has 0 unspecified atom stereocenters. The molecule has 1 N–H and O–H groups in total. The van der Waals surface area contributed by atoms with Gasteiger partial charge in [-0.1, -0.05) is 13.8 Å². The number of aromatic nitrogens is 1. The van der Waals surface area contributed by atoms with Gasteiger partial charge in [-0.2, -0.15) is 0 Å². The summed E-state index contributed by atoms with van der Waals surface area (Å²) < 4.78 is 0. The monoisotopic (exact) mass is 214 g/mol. The van der Waals surface area contributed by atoms with E-state index >= 15 is 0 Å². The van der Waals surface area contributed by atoms with Crippen LogP contribution in [0.2, 0.25) is 0 Å². The molecule has 0 saturated carbocycles. The van der Waals surface area contributed by atoms with Crippen LogP contribution in [-0.4, -0.2) is 29.1 Å². The lowest BCUT2D eigenvalue weighted by molar-refractivity contribution is 0.283. The lowest BCUT2D eigenvalue weighted by Gasteiger charge is -2.05. The zero-order valence-corrected chi connectivity index (χ0v) is 10.1. The van der Waals surface area contributed by atoms with E-state index in [4.69, 9.17) is 0 Å². The number of aliphatic hydroxyl groups is 1. The van der Waals surface area contributed by atoms with Crippen molar-refractivity contribution in [2.75, 3.05) is 14.1 Å². The fourth-order valence-corrected chi connectivity index (χ4v) is 2.52. The van der Waals surface area contributed by atoms with E-state index in [1.807, 2.05) is 14.1 Å². The maximum absolute atomic E-state index is 9.17.